The first-order valence-corrected chi connectivity index (χ1v) is 7.17. The second-order valence-corrected chi connectivity index (χ2v) is 5.20. The molecule has 0 aliphatic heterocycles. The second-order valence-electron chi connectivity index (χ2n) is 4.27. The van der Waals surface area contributed by atoms with Crippen LogP contribution in [0.15, 0.2) is 29.8 Å². The van der Waals surface area contributed by atoms with Crippen LogP contribution in [0.5, 0.6) is 0 Å². The maximum Gasteiger partial charge on any atom is 0.337 e. The third-order valence-electron chi connectivity index (χ3n) is 2.96. The number of rotatable bonds is 5. The number of carbonyl (C=O) groups excluding carboxylic acids is 1. The predicted molar refractivity (Wildman–Crippen MR) is 81.0 cm³/mol. The number of hydrogen-bond acceptors (Lipinski definition) is 6. The van der Waals surface area contributed by atoms with Crippen LogP contribution in [0, 0.1) is 0 Å². The molecule has 1 atom stereocenters. The minimum Gasteiger partial charge on any atom is -0.465 e. The van der Waals surface area contributed by atoms with Gasteiger partial charge < -0.3 is 15.8 Å². The molecule has 0 bridgehead atoms. The number of hydrogen-bond donors (Lipinski definition) is 2. The van der Waals surface area contributed by atoms with Crippen LogP contribution in [0.2, 0.25) is 0 Å². The Morgan fingerprint density at radius 1 is 1.55 bits per heavy atom. The number of nitrogens with two attached hydrogens (primary N) is 1. The van der Waals surface area contributed by atoms with Crippen LogP contribution in [0.3, 0.4) is 0 Å². The van der Waals surface area contributed by atoms with Crippen LogP contribution in [0.25, 0.3) is 0 Å². The summed E-state index contributed by atoms with van der Waals surface area (Å²) < 4.78 is 4.67. The SMILES string of the molecule is CCC(Nc1ccc(C(=O)OC)cc1N)c1nccs1. The van der Waals surface area contributed by atoms with Crippen LogP contribution >= 0.6 is 11.3 Å². The molecule has 0 aliphatic carbocycles. The number of aromatic nitrogens is 1. The van der Waals surface area contributed by atoms with Gasteiger partial charge in [0.15, 0.2) is 0 Å². The average Bonchev–Trinajstić information content (AvgIpc) is 2.99. The van der Waals surface area contributed by atoms with E-state index in [0.29, 0.717) is 11.3 Å². The van der Waals surface area contributed by atoms with E-state index in [2.05, 4.69) is 22.0 Å². The van der Waals surface area contributed by atoms with Crippen molar-refractivity contribution in [1.82, 2.24) is 4.98 Å². The summed E-state index contributed by atoms with van der Waals surface area (Å²) in [6.07, 6.45) is 2.68. The molecule has 0 radical (unpaired) electrons. The first-order valence-electron chi connectivity index (χ1n) is 6.29. The zero-order valence-corrected chi connectivity index (χ0v) is 12.2. The lowest BCUT2D eigenvalue weighted by molar-refractivity contribution is 0.0601. The van der Waals surface area contributed by atoms with E-state index >= 15 is 0 Å². The van der Waals surface area contributed by atoms with Gasteiger partial charge in [-0.05, 0) is 24.6 Å². The summed E-state index contributed by atoms with van der Waals surface area (Å²) in [6.45, 7) is 2.08. The summed E-state index contributed by atoms with van der Waals surface area (Å²) in [5.41, 5.74) is 7.73. The van der Waals surface area contributed by atoms with Gasteiger partial charge in [0.1, 0.15) is 5.01 Å². The molecule has 0 saturated heterocycles. The van der Waals surface area contributed by atoms with Crippen molar-refractivity contribution in [3.63, 3.8) is 0 Å². The average molecular weight is 291 g/mol. The molecule has 6 heteroatoms. The maximum absolute atomic E-state index is 11.4. The molecule has 1 heterocycles. The van der Waals surface area contributed by atoms with Crippen molar-refractivity contribution in [3.8, 4) is 0 Å². The maximum atomic E-state index is 11.4. The van der Waals surface area contributed by atoms with Gasteiger partial charge in [-0.2, -0.15) is 0 Å². The van der Waals surface area contributed by atoms with Crippen molar-refractivity contribution in [2.75, 3.05) is 18.2 Å². The number of nitrogen functional groups attached to an aromatic ring is 1. The van der Waals surface area contributed by atoms with Gasteiger partial charge in [0.25, 0.3) is 0 Å². The van der Waals surface area contributed by atoms with E-state index in [0.717, 1.165) is 17.1 Å². The van der Waals surface area contributed by atoms with E-state index < -0.39 is 5.97 Å². The van der Waals surface area contributed by atoms with Gasteiger partial charge in [0.2, 0.25) is 0 Å². The van der Waals surface area contributed by atoms with E-state index in [9.17, 15) is 4.79 Å². The highest BCUT2D eigenvalue weighted by atomic mass is 32.1. The second kappa shape index (κ2) is 6.38. The monoisotopic (exact) mass is 291 g/mol. The first kappa shape index (κ1) is 14.3. The normalized spacial score (nSPS) is 11.9. The van der Waals surface area contributed by atoms with Crippen LogP contribution in [-0.4, -0.2) is 18.1 Å². The molecule has 2 aromatic rings. The Bertz CT molecular complexity index is 584. The van der Waals surface area contributed by atoms with Crippen LogP contribution in [0.4, 0.5) is 11.4 Å². The number of nitrogens with zero attached hydrogens (tertiary/aromatic N) is 1. The molecular formula is C14H17N3O2S. The fourth-order valence-corrected chi connectivity index (χ4v) is 2.64. The Hall–Kier alpha value is -2.08. The highest BCUT2D eigenvalue weighted by Crippen LogP contribution is 2.28. The molecule has 1 aromatic heterocycles. The van der Waals surface area contributed by atoms with Crippen LogP contribution in [0.1, 0.15) is 34.8 Å². The standard InChI is InChI=1S/C14H17N3O2S/c1-3-11(13-16-6-7-20-13)17-12-5-4-9(8-10(12)15)14(18)19-2/h4-8,11,17H,3,15H2,1-2H3. The quantitative estimate of drug-likeness (QED) is 0.654. The number of benzene rings is 1. The van der Waals surface area contributed by atoms with Crippen LogP contribution in [-0.2, 0) is 4.74 Å². The highest BCUT2D eigenvalue weighted by Gasteiger charge is 2.14. The molecule has 3 N–H and O–H groups in total. The Kier molecular flexibility index (Phi) is 4.57. The molecular weight excluding hydrogens is 274 g/mol. The Balaban J connectivity index is 2.19. The molecule has 2 rings (SSSR count). The minimum atomic E-state index is -0.393. The first-order chi connectivity index (χ1) is 9.65. The summed E-state index contributed by atoms with van der Waals surface area (Å²) >= 11 is 1.60. The van der Waals surface area contributed by atoms with Crippen LogP contribution < -0.4 is 11.1 Å². The third kappa shape index (κ3) is 3.08. The summed E-state index contributed by atoms with van der Waals surface area (Å²) in [7, 11) is 1.35. The number of esters is 1. The van der Waals surface area contributed by atoms with Gasteiger partial charge in [-0.3, -0.25) is 0 Å². The largest absolute Gasteiger partial charge is 0.465 e. The fraction of sp³-hybridized carbons (Fsp3) is 0.286. The van der Waals surface area contributed by atoms with Gasteiger partial charge in [-0.1, -0.05) is 6.92 Å². The molecule has 5 nitrogen and oxygen atoms in total. The van der Waals surface area contributed by atoms with Crippen molar-refractivity contribution in [3.05, 3.63) is 40.3 Å². The number of nitrogens with one attached hydrogen (secondary N) is 1. The van der Waals surface area contributed by atoms with E-state index in [4.69, 9.17) is 5.73 Å². The Labute approximate surface area is 121 Å². The number of anilines is 2. The zero-order chi connectivity index (χ0) is 14.5. The smallest absolute Gasteiger partial charge is 0.337 e. The number of thiazole rings is 1. The topological polar surface area (TPSA) is 77.2 Å². The van der Waals surface area contributed by atoms with Gasteiger partial charge in [-0.15, -0.1) is 11.3 Å². The lowest BCUT2D eigenvalue weighted by atomic mass is 10.1. The predicted octanol–water partition coefficient (Wildman–Crippen LogP) is 3.08. The molecule has 0 amide bonds. The zero-order valence-electron chi connectivity index (χ0n) is 11.4. The summed E-state index contributed by atoms with van der Waals surface area (Å²) in [4.78, 5) is 15.7. The third-order valence-corrected chi connectivity index (χ3v) is 3.85. The van der Waals surface area contributed by atoms with Gasteiger partial charge in [-0.25, -0.2) is 9.78 Å². The summed E-state index contributed by atoms with van der Waals surface area (Å²) in [6, 6.07) is 5.21. The Morgan fingerprint density at radius 2 is 2.35 bits per heavy atom. The highest BCUT2D eigenvalue weighted by molar-refractivity contribution is 7.09. The van der Waals surface area contributed by atoms with E-state index in [1.807, 2.05) is 5.38 Å². The fourth-order valence-electron chi connectivity index (χ4n) is 1.87. The van der Waals surface area contributed by atoms with E-state index in [1.54, 1.807) is 35.7 Å². The lowest BCUT2D eigenvalue weighted by Crippen LogP contribution is -2.11. The molecule has 0 saturated carbocycles. The number of carbonyl (C=O) groups is 1. The molecule has 20 heavy (non-hydrogen) atoms. The van der Waals surface area contributed by atoms with Gasteiger partial charge in [0, 0.05) is 11.6 Å². The molecule has 0 spiro atoms. The van der Waals surface area contributed by atoms with Crippen molar-refractivity contribution >= 4 is 28.7 Å². The van der Waals surface area contributed by atoms with E-state index in [1.165, 1.54) is 7.11 Å². The van der Waals surface area contributed by atoms with Crippen molar-refractivity contribution in [1.29, 1.82) is 0 Å². The Morgan fingerprint density at radius 3 is 2.90 bits per heavy atom. The summed E-state index contributed by atoms with van der Waals surface area (Å²) in [5, 5.41) is 6.32. The molecule has 1 unspecified atom stereocenters. The minimum absolute atomic E-state index is 0.112. The molecule has 1 aromatic carbocycles. The van der Waals surface area contributed by atoms with Crippen molar-refractivity contribution < 1.29 is 9.53 Å². The molecule has 106 valence electrons. The van der Waals surface area contributed by atoms with Crippen molar-refractivity contribution in [2.24, 2.45) is 0 Å². The van der Waals surface area contributed by atoms with Gasteiger partial charge in [0.05, 0.1) is 30.1 Å². The number of ether oxygens (including phenoxy) is 1. The molecule has 0 fully saturated rings. The molecule has 0 aliphatic rings. The van der Waals surface area contributed by atoms with Crippen molar-refractivity contribution in [2.45, 2.75) is 19.4 Å². The number of methoxy groups -OCH3 is 1. The summed E-state index contributed by atoms with van der Waals surface area (Å²) in [5.74, 6) is -0.393. The van der Waals surface area contributed by atoms with E-state index in [-0.39, 0.29) is 6.04 Å². The van der Waals surface area contributed by atoms with Gasteiger partial charge >= 0.3 is 5.97 Å². The lowest BCUT2D eigenvalue weighted by Gasteiger charge is -2.17.